The van der Waals surface area contributed by atoms with E-state index in [0.29, 0.717) is 11.8 Å². The predicted molar refractivity (Wildman–Crippen MR) is 67.4 cm³/mol. The average molecular weight is 228 g/mol. The summed E-state index contributed by atoms with van der Waals surface area (Å²) in [6, 6.07) is 8.65. The van der Waals surface area contributed by atoms with Crippen LogP contribution in [0.2, 0.25) is 0 Å². The highest BCUT2D eigenvalue weighted by molar-refractivity contribution is 5.50. The van der Waals surface area contributed by atoms with Crippen molar-refractivity contribution in [1.29, 1.82) is 0 Å². The first-order valence-corrected chi connectivity index (χ1v) is 6.01. The molecule has 2 atom stereocenters. The number of nitrogens with one attached hydrogen (secondary N) is 1. The van der Waals surface area contributed by atoms with Gasteiger partial charge in [0.2, 0.25) is 0 Å². The zero-order valence-corrected chi connectivity index (χ0v) is 10.1. The van der Waals surface area contributed by atoms with Crippen LogP contribution in [-0.4, -0.2) is 12.2 Å². The number of hydrogen-bond acceptors (Lipinski definition) is 3. The Labute approximate surface area is 101 Å². The molecule has 2 aromatic rings. The van der Waals surface area contributed by atoms with Gasteiger partial charge in [-0.15, -0.1) is 0 Å². The molecule has 0 fully saturated rings. The first kappa shape index (κ1) is 10.4. The molecule has 3 rings (SSSR count). The van der Waals surface area contributed by atoms with Crippen LogP contribution < -0.4 is 5.32 Å². The van der Waals surface area contributed by atoms with E-state index in [0.717, 1.165) is 17.8 Å². The SMILES string of the molecule is CNc1conc1C1Cc2ccccc2C1C. The van der Waals surface area contributed by atoms with Gasteiger partial charge >= 0.3 is 0 Å². The van der Waals surface area contributed by atoms with Crippen LogP contribution in [0.15, 0.2) is 35.1 Å². The van der Waals surface area contributed by atoms with Crippen LogP contribution >= 0.6 is 0 Å². The second-order valence-corrected chi connectivity index (χ2v) is 4.66. The van der Waals surface area contributed by atoms with E-state index >= 15 is 0 Å². The largest absolute Gasteiger partial charge is 0.384 e. The summed E-state index contributed by atoms with van der Waals surface area (Å²) in [6.45, 7) is 2.27. The standard InChI is InChI=1S/C14H16N2O/c1-9-11-6-4-3-5-10(11)7-12(9)14-13(15-2)8-17-16-14/h3-6,8-9,12,15H,7H2,1-2H3. The van der Waals surface area contributed by atoms with Gasteiger partial charge < -0.3 is 9.84 Å². The molecule has 17 heavy (non-hydrogen) atoms. The number of nitrogens with zero attached hydrogens (tertiary/aromatic N) is 1. The summed E-state index contributed by atoms with van der Waals surface area (Å²) in [7, 11) is 1.91. The summed E-state index contributed by atoms with van der Waals surface area (Å²) in [6.07, 6.45) is 2.74. The van der Waals surface area contributed by atoms with E-state index in [-0.39, 0.29) is 0 Å². The van der Waals surface area contributed by atoms with Gasteiger partial charge in [-0.2, -0.15) is 0 Å². The van der Waals surface area contributed by atoms with Crippen molar-refractivity contribution in [3.8, 4) is 0 Å². The molecule has 0 saturated carbocycles. The number of rotatable bonds is 2. The fraction of sp³-hybridized carbons (Fsp3) is 0.357. The molecule has 1 aromatic carbocycles. The third-order valence-corrected chi connectivity index (χ3v) is 3.81. The Morgan fingerprint density at radius 2 is 2.18 bits per heavy atom. The van der Waals surface area contributed by atoms with E-state index in [1.807, 2.05) is 7.05 Å². The summed E-state index contributed by atoms with van der Waals surface area (Å²) in [4.78, 5) is 0. The zero-order valence-electron chi connectivity index (χ0n) is 10.1. The number of anilines is 1. The minimum Gasteiger partial charge on any atom is -0.384 e. The number of aromatic nitrogens is 1. The Bertz CT molecular complexity index is 533. The van der Waals surface area contributed by atoms with Gasteiger partial charge in [0.15, 0.2) is 0 Å². The maximum atomic E-state index is 5.08. The monoisotopic (exact) mass is 228 g/mol. The van der Waals surface area contributed by atoms with Crippen molar-refractivity contribution >= 4 is 5.69 Å². The predicted octanol–water partition coefficient (Wildman–Crippen LogP) is 3.16. The first-order valence-electron chi connectivity index (χ1n) is 6.01. The fourth-order valence-corrected chi connectivity index (χ4v) is 2.83. The van der Waals surface area contributed by atoms with Gasteiger partial charge in [-0.05, 0) is 23.5 Å². The molecule has 0 radical (unpaired) electrons. The van der Waals surface area contributed by atoms with Crippen LogP contribution in [0, 0.1) is 0 Å². The fourth-order valence-electron chi connectivity index (χ4n) is 2.83. The Hall–Kier alpha value is -1.77. The molecule has 0 spiro atoms. The smallest absolute Gasteiger partial charge is 0.147 e. The van der Waals surface area contributed by atoms with Gasteiger partial charge in [0.1, 0.15) is 12.0 Å². The van der Waals surface area contributed by atoms with Crippen molar-refractivity contribution in [2.24, 2.45) is 0 Å². The number of fused-ring (bicyclic) bond motifs is 1. The van der Waals surface area contributed by atoms with Gasteiger partial charge in [0, 0.05) is 13.0 Å². The quantitative estimate of drug-likeness (QED) is 0.858. The molecule has 0 saturated heterocycles. The second-order valence-electron chi connectivity index (χ2n) is 4.66. The van der Waals surface area contributed by atoms with Gasteiger partial charge in [0.05, 0.1) is 5.69 Å². The maximum absolute atomic E-state index is 5.08. The molecule has 1 N–H and O–H groups in total. The van der Waals surface area contributed by atoms with Crippen molar-refractivity contribution in [3.05, 3.63) is 47.3 Å². The van der Waals surface area contributed by atoms with Crippen molar-refractivity contribution in [3.63, 3.8) is 0 Å². The Balaban J connectivity index is 1.99. The van der Waals surface area contributed by atoms with Crippen molar-refractivity contribution in [2.75, 3.05) is 12.4 Å². The molecule has 0 aliphatic heterocycles. The molecule has 1 aliphatic rings. The maximum Gasteiger partial charge on any atom is 0.147 e. The van der Waals surface area contributed by atoms with Crippen LogP contribution in [0.5, 0.6) is 0 Å². The van der Waals surface area contributed by atoms with Crippen LogP contribution in [0.25, 0.3) is 0 Å². The third kappa shape index (κ3) is 1.54. The van der Waals surface area contributed by atoms with E-state index in [4.69, 9.17) is 4.52 Å². The minimum absolute atomic E-state index is 0.425. The van der Waals surface area contributed by atoms with Crippen LogP contribution in [0.4, 0.5) is 5.69 Å². The van der Waals surface area contributed by atoms with Crippen LogP contribution in [0.3, 0.4) is 0 Å². The Morgan fingerprint density at radius 1 is 1.35 bits per heavy atom. The van der Waals surface area contributed by atoms with Gasteiger partial charge in [0.25, 0.3) is 0 Å². The summed E-state index contributed by atoms with van der Waals surface area (Å²) >= 11 is 0. The second kappa shape index (κ2) is 3.91. The van der Waals surface area contributed by atoms with E-state index < -0.39 is 0 Å². The van der Waals surface area contributed by atoms with Gasteiger partial charge in [-0.3, -0.25) is 0 Å². The molecule has 2 unspecified atom stereocenters. The molecule has 1 aromatic heterocycles. The van der Waals surface area contributed by atoms with E-state index in [2.05, 4.69) is 41.7 Å². The molecular weight excluding hydrogens is 212 g/mol. The summed E-state index contributed by atoms with van der Waals surface area (Å²) in [5, 5.41) is 7.31. The molecule has 88 valence electrons. The number of hydrogen-bond donors (Lipinski definition) is 1. The van der Waals surface area contributed by atoms with Crippen LogP contribution in [0.1, 0.15) is 35.6 Å². The zero-order chi connectivity index (χ0) is 11.8. The number of benzene rings is 1. The highest BCUT2D eigenvalue weighted by Crippen LogP contribution is 2.44. The third-order valence-electron chi connectivity index (χ3n) is 3.81. The van der Waals surface area contributed by atoms with E-state index in [1.54, 1.807) is 6.26 Å². The molecule has 0 bridgehead atoms. The molecule has 1 heterocycles. The van der Waals surface area contributed by atoms with E-state index in [1.165, 1.54) is 11.1 Å². The molecule has 3 heteroatoms. The van der Waals surface area contributed by atoms with Crippen molar-refractivity contribution < 1.29 is 4.52 Å². The van der Waals surface area contributed by atoms with Gasteiger partial charge in [-0.1, -0.05) is 36.3 Å². The highest BCUT2D eigenvalue weighted by atomic mass is 16.5. The van der Waals surface area contributed by atoms with Crippen molar-refractivity contribution in [2.45, 2.75) is 25.2 Å². The Kier molecular flexibility index (Phi) is 2.39. The van der Waals surface area contributed by atoms with E-state index in [9.17, 15) is 0 Å². The Morgan fingerprint density at radius 3 is 2.94 bits per heavy atom. The minimum atomic E-state index is 0.425. The van der Waals surface area contributed by atoms with Crippen molar-refractivity contribution in [1.82, 2.24) is 5.16 Å². The lowest BCUT2D eigenvalue weighted by atomic mass is 9.91. The molecule has 3 nitrogen and oxygen atoms in total. The summed E-state index contributed by atoms with van der Waals surface area (Å²) in [5.74, 6) is 0.928. The lowest BCUT2D eigenvalue weighted by Crippen LogP contribution is -2.05. The molecular formula is C14H16N2O. The summed E-state index contributed by atoms with van der Waals surface area (Å²) in [5.41, 5.74) is 4.95. The normalized spacial score (nSPS) is 22.5. The topological polar surface area (TPSA) is 38.1 Å². The first-order chi connectivity index (χ1) is 8.31. The lowest BCUT2D eigenvalue weighted by Gasteiger charge is -2.14. The molecule has 0 amide bonds. The molecule has 1 aliphatic carbocycles. The average Bonchev–Trinajstić information content (AvgIpc) is 2.94. The van der Waals surface area contributed by atoms with Gasteiger partial charge in [-0.25, -0.2) is 0 Å². The summed E-state index contributed by atoms with van der Waals surface area (Å²) < 4.78 is 5.08. The lowest BCUT2D eigenvalue weighted by molar-refractivity contribution is 0.401. The van der Waals surface area contributed by atoms with Crippen LogP contribution in [-0.2, 0) is 6.42 Å². The highest BCUT2D eigenvalue weighted by Gasteiger charge is 2.33.